The fourth-order valence-electron chi connectivity index (χ4n) is 3.53. The molecule has 160 valence electrons. The Balaban J connectivity index is 1.80. The highest BCUT2D eigenvalue weighted by molar-refractivity contribution is 5.97. The Bertz CT molecular complexity index is 1060. The molecule has 0 aliphatic heterocycles. The number of Topliss-reactive ketones (excluding diaryl/α,β-unsaturated/α-hetero) is 1. The number of aryl methyl sites for hydroxylation is 1. The molecule has 0 spiro atoms. The standard InChI is InChI=1S/C20H22F3N5O2/c1-12-8-17(14(3)28(12)13(2)11-30-4)18(29)10-27-25-19(24-26-27)15-6-5-7-16(9-15)20(21,22)23/h5-9,13H,10-11H2,1-4H3/t13-/m0/s1. The van der Waals surface area contributed by atoms with Crippen molar-refractivity contribution in [3.8, 4) is 11.4 Å². The van der Waals surface area contributed by atoms with Crippen LogP contribution in [0.25, 0.3) is 11.4 Å². The predicted octanol–water partition coefficient (Wildman–Crippen LogP) is 3.87. The average molecular weight is 421 g/mol. The third kappa shape index (κ3) is 4.43. The van der Waals surface area contributed by atoms with E-state index in [-0.39, 0.29) is 29.8 Å². The van der Waals surface area contributed by atoms with Crippen LogP contribution in [0.3, 0.4) is 0 Å². The van der Waals surface area contributed by atoms with Crippen LogP contribution in [-0.4, -0.2) is 44.3 Å². The Kier molecular flexibility index (Phi) is 6.06. The largest absolute Gasteiger partial charge is 0.416 e. The number of alkyl halides is 3. The van der Waals surface area contributed by atoms with Gasteiger partial charge in [0.25, 0.3) is 0 Å². The van der Waals surface area contributed by atoms with Gasteiger partial charge in [0.1, 0.15) is 6.54 Å². The first kappa shape index (κ1) is 21.7. The molecule has 1 atom stereocenters. The van der Waals surface area contributed by atoms with E-state index in [4.69, 9.17) is 4.74 Å². The lowest BCUT2D eigenvalue weighted by molar-refractivity contribution is -0.137. The van der Waals surface area contributed by atoms with Gasteiger partial charge in [0.15, 0.2) is 5.78 Å². The molecule has 1 aromatic carbocycles. The molecule has 0 saturated carbocycles. The Morgan fingerprint density at radius 1 is 1.23 bits per heavy atom. The highest BCUT2D eigenvalue weighted by Crippen LogP contribution is 2.31. The van der Waals surface area contributed by atoms with Gasteiger partial charge in [0.05, 0.1) is 18.2 Å². The maximum Gasteiger partial charge on any atom is 0.416 e. The molecule has 0 radical (unpaired) electrons. The Morgan fingerprint density at radius 3 is 2.63 bits per heavy atom. The quantitative estimate of drug-likeness (QED) is 0.542. The maximum atomic E-state index is 12.9. The molecule has 0 unspecified atom stereocenters. The molecular weight excluding hydrogens is 399 g/mol. The first-order valence-electron chi connectivity index (χ1n) is 9.27. The summed E-state index contributed by atoms with van der Waals surface area (Å²) in [6.07, 6.45) is -4.47. The summed E-state index contributed by atoms with van der Waals surface area (Å²) < 4.78 is 46.0. The summed E-state index contributed by atoms with van der Waals surface area (Å²) >= 11 is 0. The fraction of sp³-hybridized carbons (Fsp3) is 0.400. The van der Waals surface area contributed by atoms with E-state index < -0.39 is 11.7 Å². The van der Waals surface area contributed by atoms with Crippen LogP contribution < -0.4 is 0 Å². The van der Waals surface area contributed by atoms with Crippen molar-refractivity contribution in [2.24, 2.45) is 0 Å². The molecule has 0 N–H and O–H groups in total. The first-order valence-corrected chi connectivity index (χ1v) is 9.27. The molecule has 30 heavy (non-hydrogen) atoms. The van der Waals surface area contributed by atoms with Gasteiger partial charge in [-0.15, -0.1) is 10.2 Å². The van der Waals surface area contributed by atoms with Gasteiger partial charge in [-0.1, -0.05) is 12.1 Å². The number of benzene rings is 1. The molecule has 0 bridgehead atoms. The van der Waals surface area contributed by atoms with E-state index in [2.05, 4.69) is 15.4 Å². The van der Waals surface area contributed by atoms with Crippen molar-refractivity contribution < 1.29 is 22.7 Å². The molecule has 2 aromatic heterocycles. The van der Waals surface area contributed by atoms with Crippen molar-refractivity contribution in [1.29, 1.82) is 0 Å². The summed E-state index contributed by atoms with van der Waals surface area (Å²) in [6.45, 7) is 6.10. The van der Waals surface area contributed by atoms with Gasteiger partial charge < -0.3 is 9.30 Å². The number of methoxy groups -OCH3 is 1. The van der Waals surface area contributed by atoms with E-state index in [1.807, 2.05) is 25.3 Å². The average Bonchev–Trinajstić information content (AvgIpc) is 3.25. The number of halogens is 3. The van der Waals surface area contributed by atoms with Gasteiger partial charge in [0.2, 0.25) is 5.82 Å². The molecule has 2 heterocycles. The molecule has 0 aliphatic rings. The third-order valence-electron chi connectivity index (χ3n) is 4.82. The van der Waals surface area contributed by atoms with Crippen LogP contribution in [0, 0.1) is 13.8 Å². The maximum absolute atomic E-state index is 12.9. The molecule has 0 fully saturated rings. The Labute approximate surface area is 171 Å². The minimum atomic E-state index is -4.47. The topological polar surface area (TPSA) is 74.8 Å². The summed E-state index contributed by atoms with van der Waals surface area (Å²) in [4.78, 5) is 13.9. The van der Waals surface area contributed by atoms with Crippen molar-refractivity contribution >= 4 is 5.78 Å². The number of ether oxygens (including phenoxy) is 1. The molecule has 0 saturated heterocycles. The fourth-order valence-corrected chi connectivity index (χ4v) is 3.53. The van der Waals surface area contributed by atoms with Crippen LogP contribution in [0.5, 0.6) is 0 Å². The van der Waals surface area contributed by atoms with Crippen molar-refractivity contribution in [2.45, 2.75) is 39.5 Å². The second-order valence-electron chi connectivity index (χ2n) is 7.10. The zero-order valence-corrected chi connectivity index (χ0v) is 17.1. The number of hydrogen-bond acceptors (Lipinski definition) is 5. The van der Waals surface area contributed by atoms with Gasteiger partial charge in [-0.2, -0.15) is 18.0 Å². The first-order chi connectivity index (χ1) is 14.1. The SMILES string of the molecule is COC[C@H](C)n1c(C)cc(C(=O)Cn2nnc(-c3cccc(C(F)(F)F)c3)n2)c1C. The number of nitrogens with zero attached hydrogens (tertiary/aromatic N) is 5. The van der Waals surface area contributed by atoms with Gasteiger partial charge in [-0.3, -0.25) is 4.79 Å². The Hall–Kier alpha value is -3.01. The highest BCUT2D eigenvalue weighted by atomic mass is 19.4. The predicted molar refractivity (Wildman–Crippen MR) is 103 cm³/mol. The van der Waals surface area contributed by atoms with Crippen molar-refractivity contribution in [3.63, 3.8) is 0 Å². The van der Waals surface area contributed by atoms with Gasteiger partial charge in [0, 0.05) is 29.6 Å². The van der Waals surface area contributed by atoms with E-state index in [1.165, 1.54) is 12.1 Å². The zero-order valence-electron chi connectivity index (χ0n) is 17.1. The summed E-state index contributed by atoms with van der Waals surface area (Å²) in [5.41, 5.74) is 1.64. The van der Waals surface area contributed by atoms with Crippen molar-refractivity contribution in [2.75, 3.05) is 13.7 Å². The lowest BCUT2D eigenvalue weighted by atomic mass is 10.1. The van der Waals surface area contributed by atoms with E-state index >= 15 is 0 Å². The Morgan fingerprint density at radius 2 is 1.97 bits per heavy atom. The second kappa shape index (κ2) is 8.39. The monoisotopic (exact) mass is 421 g/mol. The number of carbonyl (C=O) groups excluding carboxylic acids is 1. The van der Waals surface area contributed by atoms with Crippen LogP contribution in [-0.2, 0) is 17.5 Å². The molecule has 0 amide bonds. The molecule has 7 nitrogen and oxygen atoms in total. The third-order valence-corrected chi connectivity index (χ3v) is 4.82. The summed E-state index contributed by atoms with van der Waals surface area (Å²) in [7, 11) is 1.62. The van der Waals surface area contributed by atoms with Gasteiger partial charge in [-0.25, -0.2) is 0 Å². The van der Waals surface area contributed by atoms with E-state index in [0.717, 1.165) is 28.3 Å². The highest BCUT2D eigenvalue weighted by Gasteiger charge is 2.30. The number of aromatic nitrogens is 5. The van der Waals surface area contributed by atoms with Crippen LogP contribution in [0.15, 0.2) is 30.3 Å². The number of tetrazole rings is 1. The molecule has 3 aromatic rings. The van der Waals surface area contributed by atoms with Crippen LogP contribution in [0.1, 0.15) is 40.3 Å². The molecular formula is C20H22F3N5O2. The van der Waals surface area contributed by atoms with Crippen LogP contribution in [0.2, 0.25) is 0 Å². The summed E-state index contributed by atoms with van der Waals surface area (Å²) in [6, 6.07) is 6.53. The van der Waals surface area contributed by atoms with Gasteiger partial charge >= 0.3 is 6.18 Å². The van der Waals surface area contributed by atoms with Gasteiger partial charge in [-0.05, 0) is 44.2 Å². The summed E-state index contributed by atoms with van der Waals surface area (Å²) in [5, 5.41) is 11.7. The van der Waals surface area contributed by atoms with E-state index in [9.17, 15) is 18.0 Å². The number of carbonyl (C=O) groups is 1. The van der Waals surface area contributed by atoms with Crippen LogP contribution in [0.4, 0.5) is 13.2 Å². The normalized spacial score (nSPS) is 12.9. The second-order valence-corrected chi connectivity index (χ2v) is 7.10. The summed E-state index contributed by atoms with van der Waals surface area (Å²) in [5.74, 6) is -0.194. The lowest BCUT2D eigenvalue weighted by Gasteiger charge is -2.17. The van der Waals surface area contributed by atoms with Crippen molar-refractivity contribution in [1.82, 2.24) is 24.8 Å². The lowest BCUT2D eigenvalue weighted by Crippen LogP contribution is -2.16. The zero-order chi connectivity index (χ0) is 22.1. The van der Waals surface area contributed by atoms with Crippen LogP contribution >= 0.6 is 0 Å². The van der Waals surface area contributed by atoms with Crippen molar-refractivity contribution in [3.05, 3.63) is 52.8 Å². The molecule has 10 heteroatoms. The molecule has 0 aliphatic carbocycles. The number of rotatable bonds is 7. The minimum absolute atomic E-state index is 0.0214. The number of hydrogen-bond donors (Lipinski definition) is 0. The van der Waals surface area contributed by atoms with E-state index in [1.54, 1.807) is 13.2 Å². The molecule has 3 rings (SSSR count). The van der Waals surface area contributed by atoms with E-state index in [0.29, 0.717) is 12.2 Å². The smallest absolute Gasteiger partial charge is 0.383 e. The minimum Gasteiger partial charge on any atom is -0.383 e. The number of ketones is 1.